The first-order valence-electron chi connectivity index (χ1n) is 11.5. The Morgan fingerprint density at radius 1 is 1.10 bits per heavy atom. The van der Waals surface area contributed by atoms with E-state index < -0.39 is 0 Å². The van der Waals surface area contributed by atoms with Crippen molar-refractivity contribution in [3.8, 4) is 0 Å². The molecule has 0 aromatic carbocycles. The molecule has 2 N–H and O–H groups in total. The van der Waals surface area contributed by atoms with E-state index in [1.807, 2.05) is 0 Å². The van der Waals surface area contributed by atoms with Crippen LogP contribution in [0.2, 0.25) is 0 Å². The predicted octanol–water partition coefficient (Wildman–Crippen LogP) is 3.40. The summed E-state index contributed by atoms with van der Waals surface area (Å²) in [5, 5.41) is 7.30. The minimum absolute atomic E-state index is 0. The topological polar surface area (TPSA) is 58.1 Å². The summed E-state index contributed by atoms with van der Waals surface area (Å²) in [6.07, 6.45) is 10.2. The largest absolute Gasteiger partial charge is 0.381 e. The van der Waals surface area contributed by atoms with Crippen LogP contribution in [0.25, 0.3) is 0 Å². The standard InChI is InChI=1S/C22H42N4O2.HI/c1-5-23-20(24-17-21(26(3)4)12-14-27-15-13-21)25-18-16-19(28-6-2)22(18)10-8-7-9-11-22;/h18-19H,5-17H2,1-4H3,(H2,23,24,25);1H. The molecule has 2 saturated carbocycles. The van der Waals surface area contributed by atoms with Gasteiger partial charge in [0.2, 0.25) is 0 Å². The van der Waals surface area contributed by atoms with Crippen molar-refractivity contribution in [1.29, 1.82) is 0 Å². The smallest absolute Gasteiger partial charge is 0.191 e. The Labute approximate surface area is 195 Å². The Morgan fingerprint density at radius 2 is 1.79 bits per heavy atom. The molecule has 7 heteroatoms. The van der Waals surface area contributed by atoms with Gasteiger partial charge in [-0.3, -0.25) is 4.99 Å². The molecule has 1 saturated heterocycles. The van der Waals surface area contributed by atoms with E-state index in [0.717, 1.165) is 58.1 Å². The molecule has 3 rings (SSSR count). The Hall–Kier alpha value is -0.120. The Bertz CT molecular complexity index is 517. The number of guanidine groups is 1. The van der Waals surface area contributed by atoms with Crippen LogP contribution in [0.15, 0.2) is 4.99 Å². The van der Waals surface area contributed by atoms with Crippen molar-refractivity contribution in [2.45, 2.75) is 82.9 Å². The van der Waals surface area contributed by atoms with Crippen LogP contribution >= 0.6 is 24.0 Å². The van der Waals surface area contributed by atoms with Crippen LogP contribution in [0.4, 0.5) is 0 Å². The second kappa shape index (κ2) is 11.5. The number of halogens is 1. The van der Waals surface area contributed by atoms with Crippen LogP contribution in [-0.2, 0) is 9.47 Å². The quantitative estimate of drug-likeness (QED) is 0.305. The van der Waals surface area contributed by atoms with E-state index in [0.29, 0.717) is 17.6 Å². The van der Waals surface area contributed by atoms with Gasteiger partial charge in [0, 0.05) is 43.4 Å². The average molecular weight is 523 g/mol. The van der Waals surface area contributed by atoms with Crippen LogP contribution in [0.3, 0.4) is 0 Å². The number of hydrogen-bond acceptors (Lipinski definition) is 4. The maximum absolute atomic E-state index is 6.12. The number of ether oxygens (including phenoxy) is 2. The van der Waals surface area contributed by atoms with Crippen molar-refractivity contribution >= 4 is 29.9 Å². The third kappa shape index (κ3) is 5.57. The van der Waals surface area contributed by atoms with Gasteiger partial charge in [0.15, 0.2) is 5.96 Å². The second-order valence-electron chi connectivity index (χ2n) is 9.10. The number of nitrogens with one attached hydrogen (secondary N) is 2. The molecule has 2 unspecified atom stereocenters. The fourth-order valence-electron chi connectivity index (χ4n) is 5.48. The predicted molar refractivity (Wildman–Crippen MR) is 130 cm³/mol. The molecular formula is C22H43IN4O2. The number of aliphatic imine (C=N–C) groups is 1. The lowest BCUT2D eigenvalue weighted by Gasteiger charge is -2.58. The van der Waals surface area contributed by atoms with Gasteiger partial charge >= 0.3 is 0 Å². The molecule has 0 radical (unpaired) electrons. The summed E-state index contributed by atoms with van der Waals surface area (Å²) >= 11 is 0. The van der Waals surface area contributed by atoms with E-state index in [4.69, 9.17) is 14.5 Å². The normalized spacial score (nSPS) is 28.5. The van der Waals surface area contributed by atoms with Gasteiger partial charge in [-0.15, -0.1) is 24.0 Å². The van der Waals surface area contributed by atoms with Crippen molar-refractivity contribution < 1.29 is 9.47 Å². The zero-order valence-electron chi connectivity index (χ0n) is 19.0. The fourth-order valence-corrected chi connectivity index (χ4v) is 5.48. The summed E-state index contributed by atoms with van der Waals surface area (Å²) in [5.41, 5.74) is 0.416. The minimum Gasteiger partial charge on any atom is -0.381 e. The van der Waals surface area contributed by atoms with Gasteiger partial charge in [0.25, 0.3) is 0 Å². The summed E-state index contributed by atoms with van der Waals surface area (Å²) in [7, 11) is 4.35. The zero-order chi connectivity index (χ0) is 20.0. The maximum atomic E-state index is 6.12. The minimum atomic E-state index is 0. The summed E-state index contributed by atoms with van der Waals surface area (Å²) < 4.78 is 11.7. The number of likely N-dealkylation sites (N-methyl/N-ethyl adjacent to an activating group) is 1. The lowest BCUT2D eigenvalue weighted by atomic mass is 9.55. The van der Waals surface area contributed by atoms with Gasteiger partial charge < -0.3 is 25.0 Å². The third-order valence-corrected chi connectivity index (χ3v) is 7.50. The van der Waals surface area contributed by atoms with Crippen LogP contribution in [0.1, 0.15) is 65.2 Å². The Kier molecular flexibility index (Phi) is 9.96. The molecule has 170 valence electrons. The lowest BCUT2D eigenvalue weighted by Crippen LogP contribution is -2.66. The molecule has 3 fully saturated rings. The lowest BCUT2D eigenvalue weighted by molar-refractivity contribution is -0.145. The molecule has 0 aromatic rings. The molecule has 0 aromatic heterocycles. The molecule has 6 nitrogen and oxygen atoms in total. The van der Waals surface area contributed by atoms with Gasteiger partial charge in [0.1, 0.15) is 0 Å². The summed E-state index contributed by atoms with van der Waals surface area (Å²) in [4.78, 5) is 7.40. The molecular weight excluding hydrogens is 479 g/mol. The highest BCUT2D eigenvalue weighted by Gasteiger charge is 2.55. The van der Waals surface area contributed by atoms with E-state index in [9.17, 15) is 0 Å². The van der Waals surface area contributed by atoms with Gasteiger partial charge in [-0.2, -0.15) is 0 Å². The van der Waals surface area contributed by atoms with E-state index in [1.165, 1.54) is 32.1 Å². The zero-order valence-corrected chi connectivity index (χ0v) is 21.3. The SMILES string of the molecule is CCNC(=NCC1(N(C)C)CCOCC1)NC1CC(OCC)C12CCCCC2.I. The van der Waals surface area contributed by atoms with Crippen molar-refractivity contribution in [2.75, 3.05) is 47.0 Å². The summed E-state index contributed by atoms with van der Waals surface area (Å²) in [5.74, 6) is 0.972. The molecule has 3 aliphatic rings. The monoisotopic (exact) mass is 522 g/mol. The molecule has 2 atom stereocenters. The van der Waals surface area contributed by atoms with Crippen molar-refractivity contribution in [1.82, 2.24) is 15.5 Å². The van der Waals surface area contributed by atoms with Crippen LogP contribution in [0.5, 0.6) is 0 Å². The van der Waals surface area contributed by atoms with Crippen molar-refractivity contribution in [3.63, 3.8) is 0 Å². The van der Waals surface area contributed by atoms with Crippen LogP contribution < -0.4 is 10.6 Å². The second-order valence-corrected chi connectivity index (χ2v) is 9.10. The number of rotatable bonds is 7. The highest BCUT2D eigenvalue weighted by molar-refractivity contribution is 14.0. The molecule has 0 amide bonds. The first-order valence-corrected chi connectivity index (χ1v) is 11.5. The van der Waals surface area contributed by atoms with Crippen LogP contribution in [0, 0.1) is 5.41 Å². The molecule has 29 heavy (non-hydrogen) atoms. The molecule has 1 spiro atoms. The number of hydrogen-bond donors (Lipinski definition) is 2. The van der Waals surface area contributed by atoms with E-state index in [1.54, 1.807) is 0 Å². The van der Waals surface area contributed by atoms with Crippen molar-refractivity contribution in [3.05, 3.63) is 0 Å². The maximum Gasteiger partial charge on any atom is 0.191 e. The molecule has 1 heterocycles. The molecule has 1 aliphatic heterocycles. The van der Waals surface area contributed by atoms with Crippen LogP contribution in [-0.4, -0.2) is 75.5 Å². The van der Waals surface area contributed by atoms with Gasteiger partial charge in [-0.05, 0) is 60.0 Å². The third-order valence-electron chi connectivity index (χ3n) is 7.50. The van der Waals surface area contributed by atoms with E-state index in [2.05, 4.69) is 43.5 Å². The Balaban J connectivity index is 0.00000300. The van der Waals surface area contributed by atoms with E-state index >= 15 is 0 Å². The van der Waals surface area contributed by atoms with Gasteiger partial charge in [-0.1, -0.05) is 19.3 Å². The summed E-state index contributed by atoms with van der Waals surface area (Å²) in [6, 6.07) is 0.479. The van der Waals surface area contributed by atoms with E-state index in [-0.39, 0.29) is 29.5 Å². The highest BCUT2D eigenvalue weighted by Crippen LogP contribution is 2.53. The van der Waals surface area contributed by atoms with Crippen molar-refractivity contribution in [2.24, 2.45) is 10.4 Å². The highest BCUT2D eigenvalue weighted by atomic mass is 127. The number of nitrogens with zero attached hydrogens (tertiary/aromatic N) is 2. The molecule has 0 bridgehead atoms. The Morgan fingerprint density at radius 3 is 2.38 bits per heavy atom. The van der Waals surface area contributed by atoms with Gasteiger partial charge in [-0.25, -0.2) is 0 Å². The first-order chi connectivity index (χ1) is 13.6. The van der Waals surface area contributed by atoms with Gasteiger partial charge in [0.05, 0.1) is 12.6 Å². The first kappa shape index (κ1) is 25.1. The molecule has 2 aliphatic carbocycles. The summed E-state index contributed by atoms with van der Waals surface area (Å²) in [6.45, 7) is 8.45. The average Bonchev–Trinajstić information content (AvgIpc) is 2.72. The fraction of sp³-hybridized carbons (Fsp3) is 0.955.